The fourth-order valence-electron chi connectivity index (χ4n) is 3.90. The van der Waals surface area contributed by atoms with Crippen LogP contribution in [-0.2, 0) is 9.59 Å². The van der Waals surface area contributed by atoms with Gasteiger partial charge in [-0.3, -0.25) is 19.8 Å². The lowest BCUT2D eigenvalue weighted by atomic mass is 10.1. The first-order valence-corrected chi connectivity index (χ1v) is 12.2. The minimum atomic E-state index is -0.489. The number of aryl methyl sites for hydroxylation is 1. The molecule has 8 heteroatoms. The van der Waals surface area contributed by atoms with Crippen LogP contribution in [0.2, 0.25) is 0 Å². The van der Waals surface area contributed by atoms with Crippen LogP contribution in [0.15, 0.2) is 53.4 Å². The van der Waals surface area contributed by atoms with Crippen LogP contribution in [-0.4, -0.2) is 33.6 Å². The number of hydrogen-bond acceptors (Lipinski definition) is 5. The SMILES string of the molecule is CCCCCCN1C(=O)/C(=C2\SC(=S)N(NC(=O)c3ccc(C)cc3)C2=O)c2ccccc21. The van der Waals surface area contributed by atoms with Crippen LogP contribution < -0.4 is 10.3 Å². The minimum Gasteiger partial charge on any atom is -0.308 e. The van der Waals surface area contributed by atoms with Crippen molar-refractivity contribution < 1.29 is 14.4 Å². The Hall–Kier alpha value is -2.97. The van der Waals surface area contributed by atoms with E-state index < -0.39 is 11.8 Å². The van der Waals surface area contributed by atoms with Gasteiger partial charge in [0, 0.05) is 17.7 Å². The van der Waals surface area contributed by atoms with Crippen molar-refractivity contribution in [3.8, 4) is 0 Å². The first-order chi connectivity index (χ1) is 15.9. The van der Waals surface area contributed by atoms with E-state index in [4.69, 9.17) is 12.2 Å². The Bertz CT molecular complexity index is 1160. The predicted molar refractivity (Wildman–Crippen MR) is 136 cm³/mol. The summed E-state index contributed by atoms with van der Waals surface area (Å²) in [5.41, 5.74) is 5.92. The number of thiocarbonyl (C=S) groups is 1. The van der Waals surface area contributed by atoms with Gasteiger partial charge in [-0.15, -0.1) is 0 Å². The summed E-state index contributed by atoms with van der Waals surface area (Å²) in [4.78, 5) is 41.3. The van der Waals surface area contributed by atoms with E-state index in [1.807, 2.05) is 43.3 Å². The van der Waals surface area contributed by atoms with E-state index in [-0.39, 0.29) is 15.1 Å². The van der Waals surface area contributed by atoms with Crippen molar-refractivity contribution in [3.63, 3.8) is 0 Å². The molecule has 0 aromatic heterocycles. The number of rotatable bonds is 7. The maximum Gasteiger partial charge on any atom is 0.286 e. The Balaban J connectivity index is 1.60. The topological polar surface area (TPSA) is 69.7 Å². The summed E-state index contributed by atoms with van der Waals surface area (Å²) in [6, 6.07) is 14.5. The number of anilines is 1. The number of carbonyl (C=O) groups excluding carboxylic acids is 3. The van der Waals surface area contributed by atoms with Gasteiger partial charge in [-0.25, -0.2) is 0 Å². The third-order valence-corrected chi connectivity index (χ3v) is 7.05. The molecule has 1 saturated heterocycles. The van der Waals surface area contributed by atoms with Gasteiger partial charge >= 0.3 is 0 Å². The molecule has 1 N–H and O–H groups in total. The number of nitrogens with one attached hydrogen (secondary N) is 1. The quantitative estimate of drug-likeness (QED) is 0.350. The van der Waals surface area contributed by atoms with Gasteiger partial charge in [0.2, 0.25) is 0 Å². The van der Waals surface area contributed by atoms with Crippen molar-refractivity contribution in [1.82, 2.24) is 10.4 Å². The highest BCUT2D eigenvalue weighted by molar-refractivity contribution is 8.26. The van der Waals surface area contributed by atoms with Gasteiger partial charge in [-0.2, -0.15) is 5.01 Å². The van der Waals surface area contributed by atoms with Crippen LogP contribution in [0, 0.1) is 6.92 Å². The number of nitrogens with zero attached hydrogens (tertiary/aromatic N) is 2. The maximum atomic E-state index is 13.4. The third kappa shape index (κ3) is 4.58. The van der Waals surface area contributed by atoms with E-state index >= 15 is 0 Å². The molecule has 2 aromatic carbocycles. The van der Waals surface area contributed by atoms with Crippen LogP contribution in [0.25, 0.3) is 5.57 Å². The molecule has 0 aliphatic carbocycles. The number of carbonyl (C=O) groups is 3. The van der Waals surface area contributed by atoms with Crippen LogP contribution in [0.3, 0.4) is 0 Å². The van der Waals surface area contributed by atoms with Gasteiger partial charge in [-0.1, -0.05) is 73.8 Å². The molecule has 0 radical (unpaired) electrons. The zero-order valence-corrected chi connectivity index (χ0v) is 20.2. The highest BCUT2D eigenvalue weighted by Crippen LogP contribution is 2.44. The Labute approximate surface area is 203 Å². The first-order valence-electron chi connectivity index (χ1n) is 11.0. The number of unbranched alkanes of at least 4 members (excludes halogenated alkanes) is 3. The lowest BCUT2D eigenvalue weighted by Gasteiger charge is -2.17. The van der Waals surface area contributed by atoms with Crippen molar-refractivity contribution in [2.45, 2.75) is 39.5 Å². The highest BCUT2D eigenvalue weighted by atomic mass is 32.2. The second-order valence-electron chi connectivity index (χ2n) is 8.05. The molecule has 0 spiro atoms. The zero-order chi connectivity index (χ0) is 23.5. The van der Waals surface area contributed by atoms with E-state index in [2.05, 4.69) is 12.3 Å². The number of thioether (sulfide) groups is 1. The van der Waals surface area contributed by atoms with Crippen molar-refractivity contribution in [3.05, 3.63) is 70.1 Å². The van der Waals surface area contributed by atoms with Crippen LogP contribution in [0.4, 0.5) is 5.69 Å². The number of hydrazine groups is 1. The highest BCUT2D eigenvalue weighted by Gasteiger charge is 2.42. The summed E-state index contributed by atoms with van der Waals surface area (Å²) in [7, 11) is 0. The standard InChI is InChI=1S/C25H25N3O3S2/c1-3-4-5-8-15-27-19-10-7-6-9-18(19)20(23(27)30)21-24(31)28(25(32)33-21)26-22(29)17-13-11-16(2)12-14-17/h6-7,9-14H,3-5,8,15H2,1-2H3,(H,26,29)/b21-20-. The molecule has 1 fully saturated rings. The van der Waals surface area contributed by atoms with Gasteiger partial charge in [-0.05, 0) is 43.8 Å². The van der Waals surface area contributed by atoms with E-state index in [0.717, 1.165) is 59.3 Å². The monoisotopic (exact) mass is 479 g/mol. The van der Waals surface area contributed by atoms with E-state index in [0.29, 0.717) is 17.7 Å². The molecular formula is C25H25N3O3S2. The minimum absolute atomic E-state index is 0.189. The molecule has 0 bridgehead atoms. The number of fused-ring (bicyclic) bond motifs is 1. The number of benzene rings is 2. The largest absolute Gasteiger partial charge is 0.308 e. The second-order valence-corrected chi connectivity index (χ2v) is 9.70. The fourth-order valence-corrected chi connectivity index (χ4v) is 5.16. The normalized spacial score (nSPS) is 17.7. The summed E-state index contributed by atoms with van der Waals surface area (Å²) < 4.78 is 0.189. The molecule has 3 amide bonds. The lowest BCUT2D eigenvalue weighted by Crippen LogP contribution is -2.45. The van der Waals surface area contributed by atoms with Crippen LogP contribution in [0.5, 0.6) is 0 Å². The zero-order valence-electron chi connectivity index (χ0n) is 18.6. The van der Waals surface area contributed by atoms with Crippen molar-refractivity contribution in [2.24, 2.45) is 0 Å². The molecule has 2 aliphatic heterocycles. The summed E-state index contributed by atoms with van der Waals surface area (Å²) in [6.07, 6.45) is 4.18. The molecule has 170 valence electrons. The number of amides is 3. The number of hydrogen-bond donors (Lipinski definition) is 1. The van der Waals surface area contributed by atoms with Crippen molar-refractivity contribution in [2.75, 3.05) is 11.4 Å². The molecule has 2 aromatic rings. The van der Waals surface area contributed by atoms with Gasteiger partial charge < -0.3 is 4.90 Å². The summed E-state index contributed by atoms with van der Waals surface area (Å²) >= 11 is 6.42. The second kappa shape index (κ2) is 9.89. The Morgan fingerprint density at radius 3 is 2.45 bits per heavy atom. The van der Waals surface area contributed by atoms with Gasteiger partial charge in [0.25, 0.3) is 17.7 Å². The maximum absolute atomic E-state index is 13.4. The molecule has 2 aliphatic rings. The smallest absolute Gasteiger partial charge is 0.286 e. The molecule has 6 nitrogen and oxygen atoms in total. The third-order valence-electron chi connectivity index (χ3n) is 5.68. The van der Waals surface area contributed by atoms with Gasteiger partial charge in [0.05, 0.1) is 16.2 Å². The molecular weight excluding hydrogens is 454 g/mol. The molecule has 4 rings (SSSR count). The molecule has 2 heterocycles. The summed E-state index contributed by atoms with van der Waals surface area (Å²) in [5.74, 6) is -1.12. The fraction of sp³-hybridized carbons (Fsp3) is 0.280. The van der Waals surface area contributed by atoms with Crippen LogP contribution in [0.1, 0.15) is 54.1 Å². The Morgan fingerprint density at radius 2 is 1.73 bits per heavy atom. The first kappa shape index (κ1) is 23.2. The van der Waals surface area contributed by atoms with E-state index in [1.165, 1.54) is 0 Å². The number of para-hydroxylation sites is 1. The Morgan fingerprint density at radius 1 is 1.00 bits per heavy atom. The van der Waals surface area contributed by atoms with E-state index in [9.17, 15) is 14.4 Å². The molecule has 0 atom stereocenters. The lowest BCUT2D eigenvalue weighted by molar-refractivity contribution is -0.124. The van der Waals surface area contributed by atoms with Crippen LogP contribution >= 0.6 is 24.0 Å². The van der Waals surface area contributed by atoms with E-state index in [1.54, 1.807) is 17.0 Å². The molecule has 0 saturated carbocycles. The molecule has 0 unspecified atom stereocenters. The summed E-state index contributed by atoms with van der Waals surface area (Å²) in [5, 5.41) is 1.06. The van der Waals surface area contributed by atoms with Gasteiger partial charge in [0.1, 0.15) is 0 Å². The van der Waals surface area contributed by atoms with Crippen molar-refractivity contribution in [1.29, 1.82) is 0 Å². The molecule has 33 heavy (non-hydrogen) atoms. The average molecular weight is 480 g/mol. The Kier molecular flexibility index (Phi) is 6.95. The predicted octanol–water partition coefficient (Wildman–Crippen LogP) is 4.84. The average Bonchev–Trinajstić information content (AvgIpc) is 3.24. The summed E-state index contributed by atoms with van der Waals surface area (Å²) in [6.45, 7) is 4.68. The van der Waals surface area contributed by atoms with Gasteiger partial charge in [0.15, 0.2) is 4.32 Å². The van der Waals surface area contributed by atoms with Crippen molar-refractivity contribution >= 4 is 57.3 Å².